The van der Waals surface area contributed by atoms with E-state index in [0.717, 1.165) is 19.3 Å². The van der Waals surface area contributed by atoms with Crippen LogP contribution >= 0.6 is 0 Å². The molecule has 4 N–H and O–H groups in total. The third-order valence-electron chi connectivity index (χ3n) is 4.93. The Labute approximate surface area is 163 Å². The fourth-order valence-electron chi connectivity index (χ4n) is 3.44. The van der Waals surface area contributed by atoms with Crippen molar-refractivity contribution in [1.29, 1.82) is 0 Å². The van der Waals surface area contributed by atoms with Crippen molar-refractivity contribution < 1.29 is 27.4 Å². The van der Waals surface area contributed by atoms with Gasteiger partial charge in [0.05, 0.1) is 12.7 Å². The number of hydrogen-bond acceptors (Lipinski definition) is 6. The second kappa shape index (κ2) is 10.4. The number of hydrogen-bond donors (Lipinski definition) is 4. The number of nitrogens with one attached hydrogen (secondary N) is 4. The summed E-state index contributed by atoms with van der Waals surface area (Å²) in [6.07, 6.45) is -2.25. The minimum atomic E-state index is -4.37. The maximum absolute atomic E-state index is 12.8. The lowest BCUT2D eigenvalue weighted by Gasteiger charge is -2.28. The fraction of sp³-hybridized carbons (Fsp3) is 0.882. The lowest BCUT2D eigenvalue weighted by atomic mass is 9.86. The van der Waals surface area contributed by atoms with Crippen LogP contribution in [0.15, 0.2) is 4.99 Å². The predicted molar refractivity (Wildman–Crippen MR) is 97.3 cm³/mol. The van der Waals surface area contributed by atoms with E-state index in [0.29, 0.717) is 13.0 Å². The number of carbonyl (C=O) groups is 1. The van der Waals surface area contributed by atoms with Gasteiger partial charge in [-0.3, -0.25) is 10.1 Å². The van der Waals surface area contributed by atoms with Crippen LogP contribution in [0.3, 0.4) is 0 Å². The SMILES string of the molecule is COC[C@H](C)N/C(=N\C1CC(C(F)(F)F)NN1)NC(=O)C1CCCC(OC)C1. The van der Waals surface area contributed by atoms with Gasteiger partial charge >= 0.3 is 6.18 Å². The molecule has 0 spiro atoms. The van der Waals surface area contributed by atoms with Crippen LogP contribution in [-0.2, 0) is 14.3 Å². The summed E-state index contributed by atoms with van der Waals surface area (Å²) in [5.41, 5.74) is 4.71. The van der Waals surface area contributed by atoms with Crippen molar-refractivity contribution in [3.63, 3.8) is 0 Å². The summed E-state index contributed by atoms with van der Waals surface area (Å²) < 4.78 is 48.9. The molecule has 5 atom stereocenters. The van der Waals surface area contributed by atoms with Gasteiger partial charge < -0.3 is 14.8 Å². The number of guanidine groups is 1. The molecule has 11 heteroatoms. The summed E-state index contributed by atoms with van der Waals surface area (Å²) in [6, 6.07) is -1.87. The smallest absolute Gasteiger partial charge is 0.383 e. The minimum Gasteiger partial charge on any atom is -0.383 e. The molecule has 1 saturated heterocycles. The molecule has 1 aliphatic carbocycles. The summed E-state index contributed by atoms with van der Waals surface area (Å²) >= 11 is 0. The topological polar surface area (TPSA) is 96.0 Å². The molecule has 4 unspecified atom stereocenters. The second-order valence-electron chi connectivity index (χ2n) is 7.32. The number of hydrazine groups is 1. The fourth-order valence-corrected chi connectivity index (χ4v) is 3.44. The third kappa shape index (κ3) is 6.87. The molecule has 2 rings (SSSR count). The van der Waals surface area contributed by atoms with Crippen molar-refractivity contribution in [2.75, 3.05) is 20.8 Å². The van der Waals surface area contributed by atoms with Gasteiger partial charge in [-0.2, -0.15) is 13.2 Å². The summed E-state index contributed by atoms with van der Waals surface area (Å²) in [6.45, 7) is 2.18. The standard InChI is InChI=1S/C17H30F3N5O3/c1-10(9-27-2)21-16(22-14-8-13(24-25-14)17(18,19)20)23-15(26)11-5-4-6-12(7-11)28-3/h10-14,24-25H,4-9H2,1-3H3,(H2,21,22,23,26)/t10-,11?,12?,13?,14?/m0/s1. The molecule has 162 valence electrons. The minimum absolute atomic E-state index is 0.0403. The highest BCUT2D eigenvalue weighted by Crippen LogP contribution is 2.27. The Morgan fingerprint density at radius 3 is 2.61 bits per heavy atom. The average Bonchev–Trinajstić information content (AvgIpc) is 3.10. The van der Waals surface area contributed by atoms with Crippen LogP contribution in [0.4, 0.5) is 13.2 Å². The highest BCUT2D eigenvalue weighted by molar-refractivity contribution is 5.98. The Balaban J connectivity index is 2.03. The summed E-state index contributed by atoms with van der Waals surface area (Å²) in [5.74, 6) is -0.298. The van der Waals surface area contributed by atoms with E-state index in [-0.39, 0.29) is 36.4 Å². The molecule has 2 aliphatic rings. The maximum Gasteiger partial charge on any atom is 0.405 e. The first-order valence-corrected chi connectivity index (χ1v) is 9.47. The van der Waals surface area contributed by atoms with E-state index in [1.807, 2.05) is 6.92 Å². The van der Waals surface area contributed by atoms with Gasteiger partial charge in [0.15, 0.2) is 5.96 Å². The predicted octanol–water partition coefficient (Wildman–Crippen LogP) is 1.04. The molecule has 0 aromatic rings. The van der Waals surface area contributed by atoms with Gasteiger partial charge in [-0.1, -0.05) is 6.42 Å². The molecule has 8 nitrogen and oxygen atoms in total. The van der Waals surface area contributed by atoms with E-state index in [9.17, 15) is 18.0 Å². The Bertz CT molecular complexity index is 547. The maximum atomic E-state index is 12.8. The van der Waals surface area contributed by atoms with Crippen molar-refractivity contribution in [2.24, 2.45) is 10.9 Å². The number of carbonyl (C=O) groups excluding carboxylic acids is 1. The van der Waals surface area contributed by atoms with Crippen molar-refractivity contribution in [3.05, 3.63) is 0 Å². The van der Waals surface area contributed by atoms with E-state index in [1.165, 1.54) is 7.11 Å². The molecular weight excluding hydrogens is 379 g/mol. The zero-order chi connectivity index (χ0) is 20.7. The van der Waals surface area contributed by atoms with E-state index in [4.69, 9.17) is 9.47 Å². The zero-order valence-electron chi connectivity index (χ0n) is 16.4. The number of nitrogens with zero attached hydrogens (tertiary/aromatic N) is 1. The van der Waals surface area contributed by atoms with Crippen LogP contribution in [-0.4, -0.2) is 63.2 Å². The Morgan fingerprint density at radius 1 is 1.25 bits per heavy atom. The first-order chi connectivity index (χ1) is 13.2. The van der Waals surface area contributed by atoms with Gasteiger partial charge in [-0.15, -0.1) is 0 Å². The van der Waals surface area contributed by atoms with Crippen LogP contribution < -0.4 is 21.5 Å². The van der Waals surface area contributed by atoms with Gasteiger partial charge in [-0.05, 0) is 26.2 Å². The molecule has 0 bridgehead atoms. The largest absolute Gasteiger partial charge is 0.405 e. The normalized spacial score (nSPS) is 30.1. The van der Waals surface area contributed by atoms with Crippen LogP contribution in [0.1, 0.15) is 39.0 Å². The second-order valence-corrected chi connectivity index (χ2v) is 7.32. The van der Waals surface area contributed by atoms with Gasteiger partial charge in [0.25, 0.3) is 0 Å². The number of alkyl halides is 3. The monoisotopic (exact) mass is 409 g/mol. The quantitative estimate of drug-likeness (QED) is 0.387. The van der Waals surface area contributed by atoms with Gasteiger partial charge in [0, 0.05) is 32.6 Å². The van der Waals surface area contributed by atoms with Crippen molar-refractivity contribution >= 4 is 11.9 Å². The van der Waals surface area contributed by atoms with Gasteiger partial charge in [-0.25, -0.2) is 15.8 Å². The van der Waals surface area contributed by atoms with E-state index in [2.05, 4.69) is 26.5 Å². The van der Waals surface area contributed by atoms with Crippen molar-refractivity contribution in [2.45, 2.75) is 69.6 Å². The van der Waals surface area contributed by atoms with E-state index >= 15 is 0 Å². The number of amides is 1. The first-order valence-electron chi connectivity index (χ1n) is 9.47. The van der Waals surface area contributed by atoms with Crippen LogP contribution in [0.25, 0.3) is 0 Å². The van der Waals surface area contributed by atoms with E-state index in [1.54, 1.807) is 7.11 Å². The van der Waals surface area contributed by atoms with Crippen LogP contribution in [0.2, 0.25) is 0 Å². The lowest BCUT2D eigenvalue weighted by molar-refractivity contribution is -0.153. The summed E-state index contributed by atoms with van der Waals surface area (Å²) in [7, 11) is 3.17. The molecule has 1 amide bonds. The molecule has 1 saturated carbocycles. The number of aliphatic imine (C=N–C) groups is 1. The number of ether oxygens (including phenoxy) is 2. The summed E-state index contributed by atoms with van der Waals surface area (Å²) in [5, 5.41) is 5.75. The Hall–Kier alpha value is -1.43. The van der Waals surface area contributed by atoms with Gasteiger partial charge in [0.1, 0.15) is 12.2 Å². The van der Waals surface area contributed by atoms with E-state index < -0.39 is 18.4 Å². The highest BCUT2D eigenvalue weighted by atomic mass is 19.4. The zero-order valence-corrected chi connectivity index (χ0v) is 16.4. The molecule has 0 aromatic heterocycles. The number of rotatable bonds is 6. The first kappa shape index (κ1) is 22.9. The molecule has 28 heavy (non-hydrogen) atoms. The van der Waals surface area contributed by atoms with Crippen molar-refractivity contribution in [3.8, 4) is 0 Å². The molecule has 2 fully saturated rings. The average molecular weight is 409 g/mol. The summed E-state index contributed by atoms with van der Waals surface area (Å²) in [4.78, 5) is 16.9. The molecule has 0 aromatic carbocycles. The Morgan fingerprint density at radius 2 is 2.00 bits per heavy atom. The molecule has 1 aliphatic heterocycles. The number of halogens is 3. The molecule has 1 heterocycles. The van der Waals surface area contributed by atoms with Gasteiger partial charge in [0.2, 0.25) is 5.91 Å². The molecule has 0 radical (unpaired) electrons. The highest BCUT2D eigenvalue weighted by Gasteiger charge is 2.44. The number of methoxy groups -OCH3 is 2. The Kier molecular flexibility index (Phi) is 8.47. The third-order valence-corrected chi connectivity index (χ3v) is 4.93. The van der Waals surface area contributed by atoms with Crippen molar-refractivity contribution in [1.82, 2.24) is 21.5 Å². The van der Waals surface area contributed by atoms with Crippen LogP contribution in [0.5, 0.6) is 0 Å². The van der Waals surface area contributed by atoms with Crippen LogP contribution in [0, 0.1) is 5.92 Å². The lowest BCUT2D eigenvalue weighted by Crippen LogP contribution is -2.49. The molecular formula is C17H30F3N5O3.